The molecule has 6 heteroatoms. The molecule has 0 bridgehead atoms. The van der Waals surface area contributed by atoms with E-state index in [4.69, 9.17) is 4.74 Å². The van der Waals surface area contributed by atoms with Gasteiger partial charge in [0.2, 0.25) is 0 Å². The minimum absolute atomic E-state index is 0.0611. The zero-order valence-corrected chi connectivity index (χ0v) is 8.19. The van der Waals surface area contributed by atoms with Crippen molar-refractivity contribution in [1.29, 1.82) is 0 Å². The van der Waals surface area contributed by atoms with Crippen LogP contribution in [0.15, 0.2) is 0 Å². The Labute approximate surface area is 81.6 Å². The van der Waals surface area contributed by atoms with Gasteiger partial charge in [-0.15, -0.1) is 0 Å². The molecular weight excluding hydrogens is 199 g/mol. The summed E-state index contributed by atoms with van der Waals surface area (Å²) in [7, 11) is 0. The van der Waals surface area contributed by atoms with Crippen LogP contribution in [0.5, 0.6) is 0 Å². The van der Waals surface area contributed by atoms with Crippen molar-refractivity contribution in [3.8, 4) is 0 Å². The SMILES string of the molecule is CCOCCNCCOCC(F)(F)F. The average Bonchev–Trinajstić information content (AvgIpc) is 2.08. The van der Waals surface area contributed by atoms with Gasteiger partial charge < -0.3 is 14.8 Å². The Morgan fingerprint density at radius 1 is 1.07 bits per heavy atom. The predicted octanol–water partition coefficient (Wildman–Crippen LogP) is 1.19. The molecule has 0 unspecified atom stereocenters. The summed E-state index contributed by atoms with van der Waals surface area (Å²) in [4.78, 5) is 0. The predicted molar refractivity (Wildman–Crippen MR) is 46.2 cm³/mol. The molecule has 0 aromatic carbocycles. The molecule has 0 aromatic heterocycles. The van der Waals surface area contributed by atoms with E-state index in [9.17, 15) is 13.2 Å². The standard InChI is InChI=1S/C8H16F3NO2/c1-2-13-5-3-12-4-6-14-7-8(9,10)11/h12H,2-7H2,1H3. The first-order valence-electron chi connectivity index (χ1n) is 4.49. The Morgan fingerprint density at radius 3 is 2.14 bits per heavy atom. The van der Waals surface area contributed by atoms with Crippen LogP contribution in [0.3, 0.4) is 0 Å². The molecule has 0 saturated carbocycles. The Balaban J connectivity index is 2.99. The third-order valence-electron chi connectivity index (χ3n) is 1.32. The first-order valence-corrected chi connectivity index (χ1v) is 4.49. The maximum atomic E-state index is 11.6. The highest BCUT2D eigenvalue weighted by atomic mass is 19.4. The van der Waals surface area contributed by atoms with Crippen LogP contribution >= 0.6 is 0 Å². The van der Waals surface area contributed by atoms with Crippen LogP contribution in [0.25, 0.3) is 0 Å². The first-order chi connectivity index (χ1) is 6.56. The molecule has 0 rings (SSSR count). The molecule has 0 amide bonds. The highest BCUT2D eigenvalue weighted by Crippen LogP contribution is 2.13. The summed E-state index contributed by atoms with van der Waals surface area (Å²) >= 11 is 0. The third kappa shape index (κ3) is 11.7. The zero-order valence-electron chi connectivity index (χ0n) is 8.19. The number of hydrogen-bond acceptors (Lipinski definition) is 3. The van der Waals surface area contributed by atoms with E-state index in [-0.39, 0.29) is 6.61 Å². The summed E-state index contributed by atoms with van der Waals surface area (Å²) in [6, 6.07) is 0. The Morgan fingerprint density at radius 2 is 1.64 bits per heavy atom. The molecular formula is C8H16F3NO2. The maximum absolute atomic E-state index is 11.6. The van der Waals surface area contributed by atoms with Crippen molar-refractivity contribution < 1.29 is 22.6 Å². The molecule has 0 fully saturated rings. The van der Waals surface area contributed by atoms with Gasteiger partial charge in [0.15, 0.2) is 0 Å². The Kier molecular flexibility index (Phi) is 7.83. The molecule has 0 aromatic rings. The molecule has 0 saturated heterocycles. The van der Waals surface area contributed by atoms with Crippen LogP contribution in [0.2, 0.25) is 0 Å². The fraction of sp³-hybridized carbons (Fsp3) is 1.00. The highest BCUT2D eigenvalue weighted by molar-refractivity contribution is 4.48. The number of halogens is 3. The molecule has 0 spiro atoms. The molecule has 14 heavy (non-hydrogen) atoms. The molecule has 0 heterocycles. The smallest absolute Gasteiger partial charge is 0.380 e. The Hall–Kier alpha value is -0.330. The number of rotatable bonds is 8. The van der Waals surface area contributed by atoms with Crippen LogP contribution in [0.4, 0.5) is 13.2 Å². The molecule has 0 aliphatic heterocycles. The van der Waals surface area contributed by atoms with E-state index in [0.29, 0.717) is 26.3 Å². The van der Waals surface area contributed by atoms with Gasteiger partial charge in [0, 0.05) is 19.7 Å². The van der Waals surface area contributed by atoms with Gasteiger partial charge in [-0.05, 0) is 6.92 Å². The summed E-state index contributed by atoms with van der Waals surface area (Å²) in [5, 5.41) is 2.89. The van der Waals surface area contributed by atoms with Gasteiger partial charge >= 0.3 is 6.18 Å². The highest BCUT2D eigenvalue weighted by Gasteiger charge is 2.26. The summed E-state index contributed by atoms with van der Waals surface area (Å²) < 4.78 is 44.1. The largest absolute Gasteiger partial charge is 0.411 e. The number of nitrogens with one attached hydrogen (secondary N) is 1. The quantitative estimate of drug-likeness (QED) is 0.617. The van der Waals surface area contributed by atoms with Gasteiger partial charge in [-0.2, -0.15) is 13.2 Å². The van der Waals surface area contributed by atoms with Crippen molar-refractivity contribution in [2.45, 2.75) is 13.1 Å². The molecule has 1 N–H and O–H groups in total. The monoisotopic (exact) mass is 215 g/mol. The summed E-state index contributed by atoms with van der Waals surface area (Å²) in [6.07, 6.45) is -4.23. The van der Waals surface area contributed by atoms with Crippen molar-refractivity contribution in [2.24, 2.45) is 0 Å². The molecule has 0 atom stereocenters. The lowest BCUT2D eigenvalue weighted by atomic mass is 10.6. The number of hydrogen-bond donors (Lipinski definition) is 1. The summed E-state index contributed by atoms with van der Waals surface area (Å²) in [5.41, 5.74) is 0. The summed E-state index contributed by atoms with van der Waals surface area (Å²) in [5.74, 6) is 0. The van der Waals surface area contributed by atoms with Crippen molar-refractivity contribution >= 4 is 0 Å². The van der Waals surface area contributed by atoms with E-state index in [1.54, 1.807) is 0 Å². The second kappa shape index (κ2) is 8.02. The lowest BCUT2D eigenvalue weighted by molar-refractivity contribution is -0.173. The van der Waals surface area contributed by atoms with Crippen molar-refractivity contribution in [2.75, 3.05) is 39.5 Å². The van der Waals surface area contributed by atoms with Crippen molar-refractivity contribution in [1.82, 2.24) is 5.32 Å². The second-order valence-corrected chi connectivity index (χ2v) is 2.61. The topological polar surface area (TPSA) is 30.5 Å². The molecule has 0 radical (unpaired) electrons. The minimum Gasteiger partial charge on any atom is -0.380 e. The van der Waals surface area contributed by atoms with E-state index in [1.807, 2.05) is 6.92 Å². The van der Waals surface area contributed by atoms with Crippen LogP contribution in [0, 0.1) is 0 Å². The zero-order chi connectivity index (χ0) is 10.9. The second-order valence-electron chi connectivity index (χ2n) is 2.61. The van der Waals surface area contributed by atoms with Gasteiger partial charge in [0.05, 0.1) is 13.2 Å². The summed E-state index contributed by atoms with van der Waals surface area (Å²) in [6.45, 7) is 3.01. The Bertz CT molecular complexity index is 130. The van der Waals surface area contributed by atoms with E-state index >= 15 is 0 Å². The molecule has 0 aliphatic rings. The van der Waals surface area contributed by atoms with Gasteiger partial charge in [0.1, 0.15) is 6.61 Å². The van der Waals surface area contributed by atoms with E-state index in [2.05, 4.69) is 10.1 Å². The van der Waals surface area contributed by atoms with E-state index in [0.717, 1.165) is 0 Å². The number of ether oxygens (including phenoxy) is 2. The van der Waals surface area contributed by atoms with E-state index in [1.165, 1.54) is 0 Å². The van der Waals surface area contributed by atoms with Crippen LogP contribution in [-0.2, 0) is 9.47 Å². The van der Waals surface area contributed by atoms with Crippen LogP contribution < -0.4 is 5.32 Å². The van der Waals surface area contributed by atoms with Gasteiger partial charge in [-0.1, -0.05) is 0 Å². The number of alkyl halides is 3. The lowest BCUT2D eigenvalue weighted by Crippen LogP contribution is -2.26. The van der Waals surface area contributed by atoms with Crippen LogP contribution in [0.1, 0.15) is 6.92 Å². The molecule has 0 aliphatic carbocycles. The fourth-order valence-electron chi connectivity index (χ4n) is 0.746. The average molecular weight is 215 g/mol. The first kappa shape index (κ1) is 13.7. The van der Waals surface area contributed by atoms with E-state index < -0.39 is 12.8 Å². The maximum Gasteiger partial charge on any atom is 0.411 e. The molecule has 3 nitrogen and oxygen atoms in total. The normalized spacial score (nSPS) is 12.0. The van der Waals surface area contributed by atoms with Crippen molar-refractivity contribution in [3.63, 3.8) is 0 Å². The molecule has 86 valence electrons. The van der Waals surface area contributed by atoms with Gasteiger partial charge in [-0.3, -0.25) is 0 Å². The lowest BCUT2D eigenvalue weighted by Gasteiger charge is -2.08. The van der Waals surface area contributed by atoms with Crippen LogP contribution in [-0.4, -0.2) is 45.7 Å². The van der Waals surface area contributed by atoms with Crippen molar-refractivity contribution in [3.05, 3.63) is 0 Å². The van der Waals surface area contributed by atoms with Gasteiger partial charge in [-0.25, -0.2) is 0 Å². The van der Waals surface area contributed by atoms with Gasteiger partial charge in [0.25, 0.3) is 0 Å². The third-order valence-corrected chi connectivity index (χ3v) is 1.32. The fourth-order valence-corrected chi connectivity index (χ4v) is 0.746. The minimum atomic E-state index is -4.23.